The van der Waals surface area contributed by atoms with E-state index in [1.54, 1.807) is 7.05 Å². The first-order valence-corrected chi connectivity index (χ1v) is 5.88. The molecule has 0 spiro atoms. The van der Waals surface area contributed by atoms with Crippen LogP contribution in [0.15, 0.2) is 11.4 Å². The van der Waals surface area contributed by atoms with E-state index in [1.165, 1.54) is 10.9 Å². The Bertz CT molecular complexity index is 488. The van der Waals surface area contributed by atoms with Gasteiger partial charge in [-0.15, -0.1) is 0 Å². The van der Waals surface area contributed by atoms with Crippen molar-refractivity contribution < 1.29 is 8.42 Å². The highest BCUT2D eigenvalue weighted by Gasteiger charge is 2.21. The molecule has 0 saturated carbocycles. The maximum Gasteiger partial charge on any atom is 0.261 e. The van der Waals surface area contributed by atoms with Crippen molar-refractivity contribution in [2.45, 2.75) is 11.4 Å². The molecule has 0 amide bonds. The number of aryl methyl sites for hydroxylation is 1. The predicted octanol–water partition coefficient (Wildman–Crippen LogP) is 0.265. The fraction of sp³-hybridized carbons (Fsp3) is 0.429. The molecule has 1 N–H and O–H groups in total. The molecule has 0 bridgehead atoms. The molecule has 15 heavy (non-hydrogen) atoms. The molecule has 0 atom stereocenters. The standard InChI is InChI=1S/C7H9ClN4O2S/c1-12-5-10-7(6(12)8)15(13,14)11-4-2-3-9/h5,11H,2,4H2,1H3. The number of aromatic nitrogens is 2. The number of nitrogens with zero attached hydrogens (tertiary/aromatic N) is 3. The molecule has 0 fully saturated rings. The summed E-state index contributed by atoms with van der Waals surface area (Å²) in [6, 6.07) is 1.83. The molecule has 0 aliphatic heterocycles. The number of nitrogens with one attached hydrogen (secondary N) is 1. The summed E-state index contributed by atoms with van der Waals surface area (Å²) in [5, 5.41) is 8.08. The third kappa shape index (κ3) is 2.68. The third-order valence-electron chi connectivity index (χ3n) is 1.62. The number of rotatable bonds is 4. The molecular formula is C7H9ClN4O2S. The van der Waals surface area contributed by atoms with Crippen LogP contribution in [0.5, 0.6) is 0 Å². The van der Waals surface area contributed by atoms with Crippen molar-refractivity contribution >= 4 is 21.6 Å². The molecule has 1 aromatic rings. The minimum absolute atomic E-state index is 0.0412. The summed E-state index contributed by atoms with van der Waals surface area (Å²) >= 11 is 5.72. The van der Waals surface area contributed by atoms with Crippen LogP contribution in [0, 0.1) is 11.3 Å². The summed E-state index contributed by atoms with van der Waals surface area (Å²) in [6.07, 6.45) is 1.41. The van der Waals surface area contributed by atoms with Crippen molar-refractivity contribution in [2.24, 2.45) is 7.05 Å². The van der Waals surface area contributed by atoms with Crippen LogP contribution in [0.3, 0.4) is 0 Å². The number of sulfonamides is 1. The van der Waals surface area contributed by atoms with E-state index in [0.717, 1.165) is 0 Å². The van der Waals surface area contributed by atoms with Crippen molar-refractivity contribution in [1.82, 2.24) is 14.3 Å². The Hall–Kier alpha value is -1.10. The molecule has 1 heterocycles. The molecular weight excluding hydrogens is 240 g/mol. The normalized spacial score (nSPS) is 11.3. The largest absolute Gasteiger partial charge is 0.324 e. The molecule has 8 heteroatoms. The average Bonchev–Trinajstić information content (AvgIpc) is 2.48. The maximum atomic E-state index is 11.6. The van der Waals surface area contributed by atoms with Crippen molar-refractivity contribution in [3.63, 3.8) is 0 Å². The van der Waals surface area contributed by atoms with Crippen LogP contribution in [-0.4, -0.2) is 24.5 Å². The highest BCUT2D eigenvalue weighted by molar-refractivity contribution is 7.89. The third-order valence-corrected chi connectivity index (χ3v) is 3.57. The van der Waals surface area contributed by atoms with Gasteiger partial charge >= 0.3 is 0 Å². The second-order valence-electron chi connectivity index (χ2n) is 2.76. The smallest absolute Gasteiger partial charge is 0.261 e. The predicted molar refractivity (Wildman–Crippen MR) is 53.6 cm³/mol. The lowest BCUT2D eigenvalue weighted by molar-refractivity contribution is 0.579. The van der Waals surface area contributed by atoms with Gasteiger partial charge < -0.3 is 4.57 Å². The van der Waals surface area contributed by atoms with Gasteiger partial charge in [-0.3, -0.25) is 0 Å². The molecule has 1 rings (SSSR count). The van der Waals surface area contributed by atoms with Gasteiger partial charge in [-0.2, -0.15) is 5.26 Å². The Morgan fingerprint density at radius 2 is 2.40 bits per heavy atom. The lowest BCUT2D eigenvalue weighted by Crippen LogP contribution is -2.25. The van der Waals surface area contributed by atoms with Gasteiger partial charge in [0.25, 0.3) is 10.0 Å². The van der Waals surface area contributed by atoms with Gasteiger partial charge in [0.1, 0.15) is 5.15 Å². The van der Waals surface area contributed by atoms with Crippen LogP contribution < -0.4 is 4.72 Å². The molecule has 6 nitrogen and oxygen atoms in total. The summed E-state index contributed by atoms with van der Waals surface area (Å²) in [6.45, 7) is 0.0474. The molecule has 0 aliphatic carbocycles. The zero-order valence-electron chi connectivity index (χ0n) is 7.94. The Kier molecular flexibility index (Phi) is 3.68. The molecule has 0 unspecified atom stereocenters. The number of halogens is 1. The molecule has 1 aromatic heterocycles. The van der Waals surface area contributed by atoms with Crippen molar-refractivity contribution in [3.8, 4) is 6.07 Å². The van der Waals surface area contributed by atoms with Gasteiger partial charge in [-0.05, 0) is 0 Å². The first-order chi connectivity index (χ1) is 6.99. The number of hydrogen-bond acceptors (Lipinski definition) is 4. The van der Waals surface area contributed by atoms with Crippen LogP contribution in [0.4, 0.5) is 0 Å². The van der Waals surface area contributed by atoms with Crippen molar-refractivity contribution in [1.29, 1.82) is 5.26 Å². The Labute approximate surface area is 92.5 Å². The van der Waals surface area contributed by atoms with Crippen LogP contribution >= 0.6 is 11.6 Å². The summed E-state index contributed by atoms with van der Waals surface area (Å²) in [5.74, 6) is 0. The van der Waals surface area contributed by atoms with E-state index in [-0.39, 0.29) is 23.1 Å². The van der Waals surface area contributed by atoms with E-state index < -0.39 is 10.0 Å². The summed E-state index contributed by atoms with van der Waals surface area (Å²) in [4.78, 5) is 3.66. The number of hydrogen-bond donors (Lipinski definition) is 1. The van der Waals surface area contributed by atoms with E-state index in [1.807, 2.05) is 6.07 Å². The molecule has 0 radical (unpaired) electrons. The highest BCUT2D eigenvalue weighted by atomic mass is 35.5. The monoisotopic (exact) mass is 248 g/mol. The molecule has 0 saturated heterocycles. The zero-order valence-corrected chi connectivity index (χ0v) is 9.51. The average molecular weight is 249 g/mol. The first kappa shape index (κ1) is 12.0. The van der Waals surface area contributed by atoms with Crippen LogP contribution in [0.25, 0.3) is 0 Å². The minimum atomic E-state index is -3.71. The SMILES string of the molecule is Cn1cnc(S(=O)(=O)NCCC#N)c1Cl. The number of imidazole rings is 1. The van der Waals surface area contributed by atoms with Gasteiger partial charge in [0, 0.05) is 20.0 Å². The van der Waals surface area contributed by atoms with Gasteiger partial charge in [0.2, 0.25) is 5.03 Å². The van der Waals surface area contributed by atoms with E-state index in [4.69, 9.17) is 16.9 Å². The Morgan fingerprint density at radius 3 is 2.87 bits per heavy atom. The Balaban J connectivity index is 2.88. The van der Waals surface area contributed by atoms with E-state index >= 15 is 0 Å². The Morgan fingerprint density at radius 1 is 1.73 bits per heavy atom. The van der Waals surface area contributed by atoms with Crippen molar-refractivity contribution in [2.75, 3.05) is 6.54 Å². The van der Waals surface area contributed by atoms with E-state index in [9.17, 15) is 8.42 Å². The summed E-state index contributed by atoms with van der Waals surface area (Å²) in [7, 11) is -2.12. The first-order valence-electron chi connectivity index (χ1n) is 4.02. The van der Waals surface area contributed by atoms with Crippen molar-refractivity contribution in [3.05, 3.63) is 11.5 Å². The fourth-order valence-electron chi connectivity index (χ4n) is 0.884. The van der Waals surface area contributed by atoms with Gasteiger partial charge in [-0.1, -0.05) is 11.6 Å². The second kappa shape index (κ2) is 4.61. The lowest BCUT2D eigenvalue weighted by atomic mass is 10.5. The second-order valence-corrected chi connectivity index (χ2v) is 4.80. The highest BCUT2D eigenvalue weighted by Crippen LogP contribution is 2.17. The summed E-state index contributed by atoms with van der Waals surface area (Å²) in [5.41, 5.74) is 0. The fourth-order valence-corrected chi connectivity index (χ4v) is 2.34. The van der Waals surface area contributed by atoms with E-state index in [0.29, 0.717) is 0 Å². The lowest BCUT2D eigenvalue weighted by Gasteiger charge is -2.01. The van der Waals surface area contributed by atoms with Gasteiger partial charge in [0.15, 0.2) is 0 Å². The molecule has 0 aromatic carbocycles. The van der Waals surface area contributed by atoms with Gasteiger partial charge in [-0.25, -0.2) is 18.1 Å². The minimum Gasteiger partial charge on any atom is -0.324 e. The van der Waals surface area contributed by atoms with Crippen LogP contribution in [0.2, 0.25) is 5.15 Å². The quantitative estimate of drug-likeness (QED) is 0.775. The molecule has 0 aliphatic rings. The van der Waals surface area contributed by atoms with Crippen LogP contribution in [-0.2, 0) is 17.1 Å². The summed E-state index contributed by atoms with van der Waals surface area (Å²) < 4.78 is 26.7. The number of nitriles is 1. The van der Waals surface area contributed by atoms with E-state index in [2.05, 4.69) is 9.71 Å². The maximum absolute atomic E-state index is 11.6. The van der Waals surface area contributed by atoms with Crippen LogP contribution in [0.1, 0.15) is 6.42 Å². The zero-order chi connectivity index (χ0) is 11.5. The topological polar surface area (TPSA) is 87.8 Å². The molecule has 82 valence electrons. The van der Waals surface area contributed by atoms with Gasteiger partial charge in [0.05, 0.1) is 12.4 Å².